The quantitative estimate of drug-likeness (QED) is 0.585. The SMILES string of the molecule is Cc1ccc(/C=C/C(=O)CSc2ccc(C)cc2)cc1. The number of aryl methyl sites for hydroxylation is 2. The van der Waals surface area contributed by atoms with Crippen molar-refractivity contribution in [1.82, 2.24) is 0 Å². The zero-order chi connectivity index (χ0) is 14.4. The van der Waals surface area contributed by atoms with Crippen LogP contribution in [0, 0.1) is 13.8 Å². The van der Waals surface area contributed by atoms with Crippen molar-refractivity contribution in [3.05, 3.63) is 71.3 Å². The van der Waals surface area contributed by atoms with Gasteiger partial charge in [0.25, 0.3) is 0 Å². The minimum Gasteiger partial charge on any atom is -0.294 e. The Kier molecular flexibility index (Phi) is 5.19. The average molecular weight is 282 g/mol. The molecule has 20 heavy (non-hydrogen) atoms. The van der Waals surface area contributed by atoms with Gasteiger partial charge in [-0.2, -0.15) is 0 Å². The van der Waals surface area contributed by atoms with E-state index in [9.17, 15) is 4.79 Å². The fraction of sp³-hybridized carbons (Fsp3) is 0.167. The van der Waals surface area contributed by atoms with E-state index in [-0.39, 0.29) is 5.78 Å². The highest BCUT2D eigenvalue weighted by atomic mass is 32.2. The summed E-state index contributed by atoms with van der Waals surface area (Å²) >= 11 is 1.57. The van der Waals surface area contributed by atoms with E-state index in [0.717, 1.165) is 10.5 Å². The van der Waals surface area contributed by atoms with Gasteiger partial charge in [0.05, 0.1) is 5.75 Å². The smallest absolute Gasteiger partial charge is 0.165 e. The highest BCUT2D eigenvalue weighted by Gasteiger charge is 1.99. The number of hydrogen-bond donors (Lipinski definition) is 0. The molecule has 0 aliphatic carbocycles. The van der Waals surface area contributed by atoms with Crippen LogP contribution in [-0.4, -0.2) is 11.5 Å². The molecule has 0 heterocycles. The minimum atomic E-state index is 0.135. The van der Waals surface area contributed by atoms with E-state index in [1.807, 2.05) is 30.3 Å². The normalized spacial score (nSPS) is 10.9. The molecule has 0 atom stereocenters. The van der Waals surface area contributed by atoms with Crippen molar-refractivity contribution in [2.75, 3.05) is 5.75 Å². The van der Waals surface area contributed by atoms with Gasteiger partial charge in [-0.1, -0.05) is 53.6 Å². The second-order valence-corrected chi connectivity index (χ2v) is 5.86. The Morgan fingerprint density at radius 1 is 0.950 bits per heavy atom. The molecule has 2 aromatic carbocycles. The second-order valence-electron chi connectivity index (χ2n) is 4.81. The highest BCUT2D eigenvalue weighted by molar-refractivity contribution is 8.00. The van der Waals surface area contributed by atoms with Gasteiger partial charge in [-0.05, 0) is 37.6 Å². The lowest BCUT2D eigenvalue weighted by atomic mass is 10.1. The molecule has 1 nitrogen and oxygen atoms in total. The molecule has 0 saturated heterocycles. The van der Waals surface area contributed by atoms with Crippen molar-refractivity contribution in [3.8, 4) is 0 Å². The molecule has 2 aromatic rings. The maximum Gasteiger partial charge on any atom is 0.165 e. The Morgan fingerprint density at radius 2 is 1.50 bits per heavy atom. The molecule has 0 bridgehead atoms. The van der Waals surface area contributed by atoms with Crippen LogP contribution in [0.5, 0.6) is 0 Å². The van der Waals surface area contributed by atoms with Crippen LogP contribution >= 0.6 is 11.8 Å². The van der Waals surface area contributed by atoms with Gasteiger partial charge in [-0.15, -0.1) is 11.8 Å². The van der Waals surface area contributed by atoms with E-state index in [0.29, 0.717) is 5.75 Å². The van der Waals surface area contributed by atoms with Crippen molar-refractivity contribution < 1.29 is 4.79 Å². The van der Waals surface area contributed by atoms with Gasteiger partial charge < -0.3 is 0 Å². The Bertz CT molecular complexity index is 594. The fourth-order valence-corrected chi connectivity index (χ4v) is 2.44. The lowest BCUT2D eigenvalue weighted by molar-refractivity contribution is -0.112. The van der Waals surface area contributed by atoms with Gasteiger partial charge in [0.15, 0.2) is 5.78 Å². The number of carbonyl (C=O) groups excluding carboxylic acids is 1. The van der Waals surface area contributed by atoms with Crippen molar-refractivity contribution in [3.63, 3.8) is 0 Å². The van der Waals surface area contributed by atoms with Crippen molar-refractivity contribution in [1.29, 1.82) is 0 Å². The van der Waals surface area contributed by atoms with Crippen molar-refractivity contribution in [2.45, 2.75) is 18.7 Å². The van der Waals surface area contributed by atoms with Gasteiger partial charge in [-0.3, -0.25) is 4.79 Å². The Hall–Kier alpha value is -1.80. The molecule has 0 radical (unpaired) electrons. The first-order valence-corrected chi connectivity index (χ1v) is 7.59. The van der Waals surface area contributed by atoms with Gasteiger partial charge in [0, 0.05) is 4.90 Å². The fourth-order valence-electron chi connectivity index (χ4n) is 1.70. The molecular weight excluding hydrogens is 264 g/mol. The van der Waals surface area contributed by atoms with E-state index in [4.69, 9.17) is 0 Å². The molecular formula is C18H18OS. The van der Waals surface area contributed by atoms with Crippen LogP contribution < -0.4 is 0 Å². The summed E-state index contributed by atoms with van der Waals surface area (Å²) < 4.78 is 0. The molecule has 0 amide bonds. The summed E-state index contributed by atoms with van der Waals surface area (Å²) in [5.41, 5.74) is 3.52. The molecule has 0 aliphatic rings. The number of allylic oxidation sites excluding steroid dienone is 1. The molecule has 2 heteroatoms. The van der Waals surface area contributed by atoms with Crippen LogP contribution in [0.4, 0.5) is 0 Å². The maximum atomic E-state index is 11.8. The monoisotopic (exact) mass is 282 g/mol. The largest absolute Gasteiger partial charge is 0.294 e. The topological polar surface area (TPSA) is 17.1 Å². The van der Waals surface area contributed by atoms with Gasteiger partial charge >= 0.3 is 0 Å². The summed E-state index contributed by atoms with van der Waals surface area (Å²) in [5.74, 6) is 0.613. The average Bonchev–Trinajstić information content (AvgIpc) is 2.46. The Morgan fingerprint density at radius 3 is 2.10 bits per heavy atom. The molecule has 0 saturated carbocycles. The van der Waals surface area contributed by atoms with E-state index in [1.54, 1.807) is 17.8 Å². The molecule has 102 valence electrons. The predicted molar refractivity (Wildman–Crippen MR) is 87.1 cm³/mol. The maximum absolute atomic E-state index is 11.8. The molecule has 0 aliphatic heterocycles. The van der Waals surface area contributed by atoms with Gasteiger partial charge in [0.1, 0.15) is 0 Å². The Labute approximate surface area is 124 Å². The summed E-state index contributed by atoms with van der Waals surface area (Å²) in [4.78, 5) is 12.9. The zero-order valence-corrected chi connectivity index (χ0v) is 12.6. The first-order valence-electron chi connectivity index (χ1n) is 6.60. The lowest BCUT2D eigenvalue weighted by Gasteiger charge is -1.99. The summed E-state index contributed by atoms with van der Waals surface area (Å²) in [6.07, 6.45) is 3.53. The van der Waals surface area contributed by atoms with E-state index in [1.165, 1.54) is 11.1 Å². The minimum absolute atomic E-state index is 0.135. The molecule has 0 aromatic heterocycles. The number of carbonyl (C=O) groups is 1. The Balaban J connectivity index is 1.86. The first-order chi connectivity index (χ1) is 9.63. The zero-order valence-electron chi connectivity index (χ0n) is 11.8. The first kappa shape index (κ1) is 14.6. The van der Waals surface area contributed by atoms with Gasteiger partial charge in [0.2, 0.25) is 0 Å². The number of benzene rings is 2. The van der Waals surface area contributed by atoms with Crippen LogP contribution in [0.2, 0.25) is 0 Å². The van der Waals surface area contributed by atoms with Crippen molar-refractivity contribution in [2.24, 2.45) is 0 Å². The van der Waals surface area contributed by atoms with E-state index in [2.05, 4.69) is 38.1 Å². The van der Waals surface area contributed by atoms with Crippen molar-refractivity contribution >= 4 is 23.6 Å². The lowest BCUT2D eigenvalue weighted by Crippen LogP contribution is -1.95. The van der Waals surface area contributed by atoms with Crippen LogP contribution in [0.1, 0.15) is 16.7 Å². The standard InChI is InChI=1S/C18H18OS/c1-14-3-7-16(8-4-14)9-10-17(19)13-20-18-11-5-15(2)6-12-18/h3-12H,13H2,1-2H3/b10-9+. The number of rotatable bonds is 5. The highest BCUT2D eigenvalue weighted by Crippen LogP contribution is 2.18. The number of ketones is 1. The van der Waals surface area contributed by atoms with Gasteiger partial charge in [-0.25, -0.2) is 0 Å². The summed E-state index contributed by atoms with van der Waals surface area (Å²) in [6, 6.07) is 16.4. The molecule has 0 unspecified atom stereocenters. The predicted octanol–water partition coefficient (Wildman–Crippen LogP) is 4.68. The third-order valence-corrected chi connectivity index (χ3v) is 3.98. The number of thioether (sulfide) groups is 1. The summed E-state index contributed by atoms with van der Waals surface area (Å²) in [7, 11) is 0. The molecule has 0 N–H and O–H groups in total. The molecule has 2 rings (SSSR count). The summed E-state index contributed by atoms with van der Waals surface area (Å²) in [5, 5.41) is 0. The molecule has 0 fully saturated rings. The third-order valence-electron chi connectivity index (χ3n) is 2.94. The number of hydrogen-bond acceptors (Lipinski definition) is 2. The van der Waals surface area contributed by atoms with Crippen LogP contribution in [0.15, 0.2) is 59.5 Å². The second kappa shape index (κ2) is 7.11. The molecule has 0 spiro atoms. The summed E-state index contributed by atoms with van der Waals surface area (Å²) in [6.45, 7) is 4.11. The van der Waals surface area contributed by atoms with Crippen LogP contribution in [-0.2, 0) is 4.79 Å². The van der Waals surface area contributed by atoms with Crippen LogP contribution in [0.25, 0.3) is 6.08 Å². The van der Waals surface area contributed by atoms with Crippen LogP contribution in [0.3, 0.4) is 0 Å². The van der Waals surface area contributed by atoms with E-state index < -0.39 is 0 Å². The third kappa shape index (κ3) is 4.71. The van der Waals surface area contributed by atoms with E-state index >= 15 is 0 Å².